The SMILES string of the molecule is CCC(C)[C@H](NC(=O)[C@@H](Cc1ccccc1)NC(=O)OCc1ccccc1)C(=O)N1C(C(=O)N2CCCC[C@H]2C(=O)N(C)[C@H](Cc2ccccc2)C(=O)N2CCC[C@H]2C(=O)OCc2ccccc2)CCCN1C(=O)OCc1ccccc1. The second-order valence-electron chi connectivity index (χ2n) is 21.3. The van der Waals surface area contributed by atoms with Crippen molar-refractivity contribution in [2.24, 2.45) is 5.92 Å². The third-order valence-corrected chi connectivity index (χ3v) is 15.7. The highest BCUT2D eigenvalue weighted by Crippen LogP contribution is 2.30. The Kier molecular flexibility index (Phi) is 21.3. The van der Waals surface area contributed by atoms with Crippen molar-refractivity contribution >= 4 is 47.7 Å². The molecule has 7 atom stereocenters. The number of rotatable bonds is 21. The van der Waals surface area contributed by atoms with E-state index in [2.05, 4.69) is 10.6 Å². The van der Waals surface area contributed by atoms with Crippen molar-refractivity contribution in [3.8, 4) is 0 Å². The number of hydrazine groups is 1. The van der Waals surface area contributed by atoms with Crippen LogP contribution in [0.25, 0.3) is 0 Å². The lowest BCUT2D eigenvalue weighted by molar-refractivity contribution is -0.173. The number of amides is 7. The van der Waals surface area contributed by atoms with Crippen LogP contribution in [0.5, 0.6) is 0 Å². The average molecular weight is 1120 g/mol. The summed E-state index contributed by atoms with van der Waals surface area (Å²) in [6.07, 6.45) is 1.47. The van der Waals surface area contributed by atoms with Gasteiger partial charge < -0.3 is 39.5 Å². The van der Waals surface area contributed by atoms with E-state index in [9.17, 15) is 24.0 Å². The lowest BCUT2D eigenvalue weighted by Crippen LogP contribution is -2.68. The molecule has 5 aromatic carbocycles. The predicted molar refractivity (Wildman–Crippen MR) is 305 cm³/mol. The number of nitrogens with one attached hydrogen (secondary N) is 2. The summed E-state index contributed by atoms with van der Waals surface area (Å²) in [5.74, 6) is -4.09. The molecule has 0 aliphatic carbocycles. The Morgan fingerprint density at radius 3 is 1.60 bits per heavy atom. The van der Waals surface area contributed by atoms with Crippen molar-refractivity contribution < 1.29 is 52.6 Å². The van der Waals surface area contributed by atoms with E-state index in [1.54, 1.807) is 62.5 Å². The number of alkyl carbamates (subject to hydrolysis) is 1. The topological polar surface area (TPSA) is 205 Å². The largest absolute Gasteiger partial charge is 0.459 e. The van der Waals surface area contributed by atoms with E-state index in [1.165, 1.54) is 14.7 Å². The first-order valence-corrected chi connectivity index (χ1v) is 28.6. The first kappa shape index (κ1) is 59.6. The van der Waals surface area contributed by atoms with Gasteiger partial charge in [-0.05, 0) is 78.7 Å². The second kappa shape index (κ2) is 29.3. The fourth-order valence-electron chi connectivity index (χ4n) is 10.9. The zero-order chi connectivity index (χ0) is 58.0. The van der Waals surface area contributed by atoms with E-state index in [0.29, 0.717) is 37.7 Å². The number of benzene rings is 5. The van der Waals surface area contributed by atoms with Crippen LogP contribution in [0.1, 0.15) is 93.0 Å². The summed E-state index contributed by atoms with van der Waals surface area (Å²) in [6, 6.07) is 38.8. The molecule has 0 bridgehead atoms. The first-order valence-electron chi connectivity index (χ1n) is 28.6. The molecule has 3 aliphatic heterocycles. The lowest BCUT2D eigenvalue weighted by atomic mass is 9.94. The molecule has 3 saturated heterocycles. The third kappa shape index (κ3) is 15.5. The van der Waals surface area contributed by atoms with Crippen molar-refractivity contribution in [3.63, 3.8) is 0 Å². The highest BCUT2D eigenvalue weighted by Gasteiger charge is 2.49. The van der Waals surface area contributed by atoms with Gasteiger partial charge in [0.15, 0.2) is 0 Å². The highest BCUT2D eigenvalue weighted by atomic mass is 16.6. The number of esters is 1. The van der Waals surface area contributed by atoms with E-state index in [-0.39, 0.29) is 71.6 Å². The molecular formula is C64H75N7O11. The molecule has 0 radical (unpaired) electrons. The van der Waals surface area contributed by atoms with E-state index in [4.69, 9.17) is 14.2 Å². The standard InChI is InChI=1S/C64H75N7O11/c1-4-45(2)56(66-57(72)51(40-46-24-10-5-11-25-46)65-63(78)81-43-49-30-16-8-17-31-49)61(76)71-53(35-23-39-70(71)64(79)82-44-50-32-18-9-19-33-50)59(74)68-37-21-20-34-52(68)58(73)67(3)55(41-47-26-12-6-13-27-47)60(75)69-38-22-36-54(69)62(77)80-42-48-28-14-7-15-29-48/h5-19,24-33,45,51-56H,4,20-23,34-44H2,1-3H3,(H,65,78)(H,66,72)/t45?,51-,52+,53?,54+,55-,56+/m1/s1. The van der Waals surface area contributed by atoms with E-state index < -0.39 is 89.9 Å². The van der Waals surface area contributed by atoms with Crippen LogP contribution < -0.4 is 10.6 Å². The molecule has 18 nitrogen and oxygen atoms in total. The Bertz CT molecular complexity index is 2940. The molecular weight excluding hydrogens is 1040 g/mol. The lowest BCUT2D eigenvalue weighted by Gasteiger charge is -2.47. The van der Waals surface area contributed by atoms with Gasteiger partial charge in [0.25, 0.3) is 5.91 Å². The fourth-order valence-corrected chi connectivity index (χ4v) is 10.9. The van der Waals surface area contributed by atoms with Gasteiger partial charge >= 0.3 is 18.2 Å². The number of likely N-dealkylation sites (N-methyl/N-ethyl adjacent to an activating group) is 1. The monoisotopic (exact) mass is 1120 g/mol. The van der Waals surface area contributed by atoms with Crippen LogP contribution in [0.4, 0.5) is 9.59 Å². The highest BCUT2D eigenvalue weighted by molar-refractivity contribution is 5.98. The second-order valence-corrected chi connectivity index (χ2v) is 21.3. The number of ether oxygens (including phenoxy) is 3. The normalized spacial score (nSPS) is 18.5. The number of piperidine rings is 1. The molecule has 82 heavy (non-hydrogen) atoms. The molecule has 3 aliphatic rings. The number of hydrogen-bond donors (Lipinski definition) is 2. The summed E-state index contributed by atoms with van der Waals surface area (Å²) >= 11 is 0. The molecule has 3 heterocycles. The molecule has 8 rings (SSSR count). The minimum absolute atomic E-state index is 0.0125. The molecule has 0 spiro atoms. The van der Waals surface area contributed by atoms with Crippen LogP contribution in [0.3, 0.4) is 0 Å². The molecule has 0 aromatic heterocycles. The minimum atomic E-state index is -1.34. The van der Waals surface area contributed by atoms with Gasteiger partial charge in [-0.1, -0.05) is 172 Å². The number of nitrogens with zero attached hydrogens (tertiary/aromatic N) is 5. The molecule has 7 amide bonds. The molecule has 5 aromatic rings. The molecule has 3 fully saturated rings. The Morgan fingerprint density at radius 2 is 1.02 bits per heavy atom. The van der Waals surface area contributed by atoms with Crippen molar-refractivity contribution in [1.29, 1.82) is 0 Å². The Balaban J connectivity index is 1.07. The van der Waals surface area contributed by atoms with Gasteiger partial charge in [0, 0.05) is 39.5 Å². The van der Waals surface area contributed by atoms with Gasteiger partial charge in [-0.3, -0.25) is 24.0 Å². The van der Waals surface area contributed by atoms with Gasteiger partial charge in [0.05, 0.1) is 0 Å². The molecule has 2 N–H and O–H groups in total. The van der Waals surface area contributed by atoms with E-state index in [1.807, 2.05) is 110 Å². The average Bonchev–Trinajstić information content (AvgIpc) is 3.93. The van der Waals surface area contributed by atoms with Gasteiger partial charge in [0.2, 0.25) is 23.6 Å². The Labute approximate surface area is 480 Å². The number of likely N-dealkylation sites (tertiary alicyclic amines) is 2. The Morgan fingerprint density at radius 1 is 0.537 bits per heavy atom. The molecule has 2 unspecified atom stereocenters. The van der Waals surface area contributed by atoms with Gasteiger partial charge in [0.1, 0.15) is 56.1 Å². The summed E-state index contributed by atoms with van der Waals surface area (Å²) < 4.78 is 17.1. The summed E-state index contributed by atoms with van der Waals surface area (Å²) in [6.45, 7) is 3.88. The van der Waals surface area contributed by atoms with Gasteiger partial charge in [-0.15, -0.1) is 0 Å². The van der Waals surface area contributed by atoms with Crippen LogP contribution in [0.2, 0.25) is 0 Å². The predicted octanol–water partition coefficient (Wildman–Crippen LogP) is 7.79. The molecule has 0 saturated carbocycles. The van der Waals surface area contributed by atoms with Crippen LogP contribution in [-0.2, 0) is 75.6 Å². The number of carbonyl (C=O) groups excluding carboxylic acids is 8. The summed E-state index contributed by atoms with van der Waals surface area (Å²) in [7, 11) is 1.55. The van der Waals surface area contributed by atoms with Crippen LogP contribution >= 0.6 is 0 Å². The summed E-state index contributed by atoms with van der Waals surface area (Å²) in [5.41, 5.74) is 3.73. The Hall–Kier alpha value is -8.54. The van der Waals surface area contributed by atoms with Crippen molar-refractivity contribution in [2.75, 3.05) is 26.7 Å². The summed E-state index contributed by atoms with van der Waals surface area (Å²) in [5, 5.41) is 7.86. The first-order chi connectivity index (χ1) is 39.8. The van der Waals surface area contributed by atoms with Crippen molar-refractivity contribution in [2.45, 2.75) is 134 Å². The van der Waals surface area contributed by atoms with Crippen LogP contribution in [-0.4, -0.2) is 135 Å². The van der Waals surface area contributed by atoms with Gasteiger partial charge in [-0.25, -0.2) is 24.4 Å². The van der Waals surface area contributed by atoms with Crippen molar-refractivity contribution in [3.05, 3.63) is 179 Å². The van der Waals surface area contributed by atoms with E-state index >= 15 is 14.4 Å². The van der Waals surface area contributed by atoms with Crippen LogP contribution in [0.15, 0.2) is 152 Å². The van der Waals surface area contributed by atoms with Gasteiger partial charge in [-0.2, -0.15) is 0 Å². The smallest absolute Gasteiger partial charge is 0.429 e. The third-order valence-electron chi connectivity index (χ3n) is 15.7. The summed E-state index contributed by atoms with van der Waals surface area (Å²) in [4.78, 5) is 122. The maximum atomic E-state index is 15.7. The van der Waals surface area contributed by atoms with Crippen LogP contribution in [0, 0.1) is 5.92 Å². The zero-order valence-corrected chi connectivity index (χ0v) is 47.0. The number of carbonyl (C=O) groups is 8. The van der Waals surface area contributed by atoms with E-state index in [0.717, 1.165) is 32.3 Å². The van der Waals surface area contributed by atoms with Crippen molar-refractivity contribution in [1.82, 2.24) is 35.4 Å². The maximum absolute atomic E-state index is 15.7. The fraction of sp³-hybridized carbons (Fsp3) is 0.406. The quantitative estimate of drug-likeness (QED) is 0.0536. The molecule has 18 heteroatoms. The minimum Gasteiger partial charge on any atom is -0.459 e. The zero-order valence-electron chi connectivity index (χ0n) is 47.0. The number of hydrogen-bond acceptors (Lipinski definition) is 11. The molecule has 432 valence electrons. The maximum Gasteiger partial charge on any atom is 0.429 e.